The van der Waals surface area contributed by atoms with Gasteiger partial charge in [0, 0.05) is 59.9 Å². The molecule has 0 saturated carbocycles. The standard InChI is InChI=1S/C28H25Cl2N3O3S/c29-24-15-21(16-25(30)17-24)18-32-11-13-33(14-12-32)28(34)23-8-6-20(7-9-23)19-37(35,36)26-5-1-3-22-4-2-10-31-27(22)26/h1-10,15-17H,11-14,18-19H2. The first-order valence-electron chi connectivity index (χ1n) is 11.9. The Labute approximate surface area is 226 Å². The number of nitrogens with zero attached hydrogens (tertiary/aromatic N) is 3. The number of carbonyl (C=O) groups is 1. The van der Waals surface area contributed by atoms with Crippen molar-refractivity contribution >= 4 is 49.8 Å². The number of halogens is 2. The number of rotatable bonds is 6. The lowest BCUT2D eigenvalue weighted by Crippen LogP contribution is -2.48. The highest BCUT2D eigenvalue weighted by Gasteiger charge is 2.23. The van der Waals surface area contributed by atoms with E-state index < -0.39 is 9.84 Å². The second-order valence-electron chi connectivity index (χ2n) is 9.13. The molecule has 0 unspecified atom stereocenters. The number of para-hydroxylation sites is 1. The van der Waals surface area contributed by atoms with Gasteiger partial charge >= 0.3 is 0 Å². The summed E-state index contributed by atoms with van der Waals surface area (Å²) in [7, 11) is -3.61. The third kappa shape index (κ3) is 5.96. The number of aromatic nitrogens is 1. The molecule has 0 bridgehead atoms. The third-order valence-corrected chi connectivity index (χ3v) is 8.63. The zero-order valence-electron chi connectivity index (χ0n) is 20.0. The average Bonchev–Trinajstić information content (AvgIpc) is 2.88. The molecule has 4 aromatic rings. The fourth-order valence-corrected chi connectivity index (χ4v) is 6.73. The van der Waals surface area contributed by atoms with Gasteiger partial charge in [-0.15, -0.1) is 0 Å². The number of piperazine rings is 1. The molecular weight excluding hydrogens is 529 g/mol. The van der Waals surface area contributed by atoms with Crippen molar-refractivity contribution in [1.29, 1.82) is 0 Å². The first-order valence-corrected chi connectivity index (χ1v) is 14.3. The second-order valence-corrected chi connectivity index (χ2v) is 12.0. The summed E-state index contributed by atoms with van der Waals surface area (Å²) in [6.07, 6.45) is 1.59. The van der Waals surface area contributed by atoms with E-state index in [0.29, 0.717) is 39.8 Å². The van der Waals surface area contributed by atoms with Crippen LogP contribution in [0.3, 0.4) is 0 Å². The minimum absolute atomic E-state index is 0.0573. The Morgan fingerprint density at radius 1 is 0.838 bits per heavy atom. The number of pyridine rings is 1. The van der Waals surface area contributed by atoms with E-state index >= 15 is 0 Å². The Hall–Kier alpha value is -2.97. The number of hydrogen-bond acceptors (Lipinski definition) is 5. The van der Waals surface area contributed by atoms with Gasteiger partial charge < -0.3 is 4.90 Å². The highest BCUT2D eigenvalue weighted by atomic mass is 35.5. The summed E-state index contributed by atoms with van der Waals surface area (Å²) in [5.41, 5.74) is 2.68. The van der Waals surface area contributed by atoms with Gasteiger partial charge in [-0.2, -0.15) is 0 Å². The van der Waals surface area contributed by atoms with Gasteiger partial charge in [0.1, 0.15) is 0 Å². The van der Waals surface area contributed by atoms with Gasteiger partial charge in [0.2, 0.25) is 0 Å². The number of fused-ring (bicyclic) bond motifs is 1. The molecule has 0 radical (unpaired) electrons. The number of sulfone groups is 1. The largest absolute Gasteiger partial charge is 0.336 e. The van der Waals surface area contributed by atoms with E-state index in [1.165, 1.54) is 0 Å². The van der Waals surface area contributed by atoms with Crippen LogP contribution in [-0.4, -0.2) is 55.3 Å². The Morgan fingerprint density at radius 3 is 2.22 bits per heavy atom. The summed E-state index contributed by atoms with van der Waals surface area (Å²) in [6, 6.07) is 21.1. The lowest BCUT2D eigenvalue weighted by molar-refractivity contribution is 0.0628. The monoisotopic (exact) mass is 553 g/mol. The van der Waals surface area contributed by atoms with E-state index in [4.69, 9.17) is 23.2 Å². The van der Waals surface area contributed by atoms with Gasteiger partial charge in [-0.25, -0.2) is 8.42 Å². The SMILES string of the molecule is O=C(c1ccc(CS(=O)(=O)c2cccc3cccnc23)cc1)N1CCN(Cc2cc(Cl)cc(Cl)c2)CC1. The van der Waals surface area contributed by atoms with E-state index in [2.05, 4.69) is 9.88 Å². The maximum atomic E-state index is 13.1. The van der Waals surface area contributed by atoms with Gasteiger partial charge in [-0.3, -0.25) is 14.7 Å². The van der Waals surface area contributed by atoms with Gasteiger partial charge in [0.15, 0.2) is 9.84 Å². The number of carbonyl (C=O) groups excluding carboxylic acids is 1. The molecule has 5 rings (SSSR count). The number of benzene rings is 3. The van der Waals surface area contributed by atoms with Crippen molar-refractivity contribution < 1.29 is 13.2 Å². The summed E-state index contributed by atoms with van der Waals surface area (Å²) >= 11 is 12.2. The Bertz CT molecular complexity index is 1530. The summed E-state index contributed by atoms with van der Waals surface area (Å²) in [5, 5.41) is 2.00. The molecule has 2 heterocycles. The average molecular weight is 554 g/mol. The highest BCUT2D eigenvalue weighted by molar-refractivity contribution is 7.90. The molecule has 1 amide bonds. The van der Waals surface area contributed by atoms with Crippen LogP contribution in [0.25, 0.3) is 10.9 Å². The Kier molecular flexibility index (Phi) is 7.49. The minimum atomic E-state index is -3.61. The molecule has 0 aliphatic carbocycles. The van der Waals surface area contributed by atoms with E-state index in [-0.39, 0.29) is 16.6 Å². The highest BCUT2D eigenvalue weighted by Crippen LogP contribution is 2.25. The van der Waals surface area contributed by atoms with Gasteiger partial charge in [0.05, 0.1) is 16.2 Å². The maximum Gasteiger partial charge on any atom is 0.253 e. The van der Waals surface area contributed by atoms with E-state index in [0.717, 1.165) is 30.6 Å². The lowest BCUT2D eigenvalue weighted by atomic mass is 10.1. The van der Waals surface area contributed by atoms with Gasteiger partial charge in [0.25, 0.3) is 5.91 Å². The molecule has 0 atom stereocenters. The molecule has 0 N–H and O–H groups in total. The summed E-state index contributed by atoms with van der Waals surface area (Å²) in [5.74, 6) is -0.221. The van der Waals surface area contributed by atoms with Crippen molar-refractivity contribution in [3.05, 3.63) is 106 Å². The van der Waals surface area contributed by atoms with Crippen molar-refractivity contribution in [3.63, 3.8) is 0 Å². The van der Waals surface area contributed by atoms with Crippen LogP contribution in [0, 0.1) is 0 Å². The predicted molar refractivity (Wildman–Crippen MR) is 147 cm³/mol. The van der Waals surface area contributed by atoms with Crippen LogP contribution in [0.15, 0.2) is 83.9 Å². The minimum Gasteiger partial charge on any atom is -0.336 e. The molecule has 1 fully saturated rings. The summed E-state index contributed by atoms with van der Waals surface area (Å²) in [6.45, 7) is 3.42. The van der Waals surface area contributed by atoms with E-state index in [1.54, 1.807) is 54.7 Å². The van der Waals surface area contributed by atoms with E-state index in [1.807, 2.05) is 29.2 Å². The molecule has 3 aromatic carbocycles. The van der Waals surface area contributed by atoms with Crippen LogP contribution in [0.5, 0.6) is 0 Å². The number of amides is 1. The predicted octanol–water partition coefficient (Wildman–Crippen LogP) is 5.47. The van der Waals surface area contributed by atoms with Gasteiger partial charge in [-0.1, -0.05) is 53.5 Å². The van der Waals surface area contributed by atoms with Gasteiger partial charge in [-0.05, 0) is 53.6 Å². The molecule has 0 spiro atoms. The molecule has 1 aliphatic heterocycles. The zero-order valence-corrected chi connectivity index (χ0v) is 22.3. The van der Waals surface area contributed by atoms with Crippen molar-refractivity contribution in [2.24, 2.45) is 0 Å². The fourth-order valence-electron chi connectivity index (χ4n) is 4.62. The molecule has 37 heavy (non-hydrogen) atoms. The fraction of sp³-hybridized carbons (Fsp3) is 0.214. The van der Waals surface area contributed by atoms with Crippen LogP contribution in [0.2, 0.25) is 10.0 Å². The molecule has 1 saturated heterocycles. The second kappa shape index (κ2) is 10.8. The molecule has 190 valence electrons. The van der Waals surface area contributed by atoms with Crippen LogP contribution >= 0.6 is 23.2 Å². The molecular formula is C28H25Cl2N3O3S. The van der Waals surface area contributed by atoms with Crippen molar-refractivity contribution in [2.75, 3.05) is 26.2 Å². The normalized spacial score (nSPS) is 14.7. The topological polar surface area (TPSA) is 70.6 Å². The van der Waals surface area contributed by atoms with Crippen LogP contribution in [0.1, 0.15) is 21.5 Å². The van der Waals surface area contributed by atoms with Crippen molar-refractivity contribution in [1.82, 2.24) is 14.8 Å². The molecule has 9 heteroatoms. The smallest absolute Gasteiger partial charge is 0.253 e. The molecule has 6 nitrogen and oxygen atoms in total. The molecule has 1 aliphatic rings. The third-order valence-electron chi connectivity index (χ3n) is 6.48. The lowest BCUT2D eigenvalue weighted by Gasteiger charge is -2.34. The number of hydrogen-bond donors (Lipinski definition) is 0. The molecule has 1 aromatic heterocycles. The van der Waals surface area contributed by atoms with Crippen LogP contribution in [-0.2, 0) is 22.1 Å². The Morgan fingerprint density at radius 2 is 1.51 bits per heavy atom. The Balaban J connectivity index is 1.21. The van der Waals surface area contributed by atoms with Crippen LogP contribution in [0.4, 0.5) is 0 Å². The van der Waals surface area contributed by atoms with E-state index in [9.17, 15) is 13.2 Å². The summed E-state index contributed by atoms with van der Waals surface area (Å²) in [4.78, 5) is 21.6. The zero-order chi connectivity index (χ0) is 26.0. The maximum absolute atomic E-state index is 13.1. The van der Waals surface area contributed by atoms with Crippen LogP contribution < -0.4 is 0 Å². The van der Waals surface area contributed by atoms with Crippen molar-refractivity contribution in [3.8, 4) is 0 Å². The first kappa shape index (κ1) is 25.7. The first-order chi connectivity index (χ1) is 17.8. The van der Waals surface area contributed by atoms with Crippen molar-refractivity contribution in [2.45, 2.75) is 17.2 Å². The summed E-state index contributed by atoms with van der Waals surface area (Å²) < 4.78 is 26.3. The quantitative estimate of drug-likeness (QED) is 0.316.